The summed E-state index contributed by atoms with van der Waals surface area (Å²) in [5, 5.41) is 7.46. The average molecular weight is 195 g/mol. The highest BCUT2D eigenvalue weighted by Gasteiger charge is 2.12. The fourth-order valence-electron chi connectivity index (χ4n) is 0.602. The minimum Gasteiger partial charge on any atom is -0.480 e. The molecule has 0 saturated carbocycles. The van der Waals surface area contributed by atoms with Crippen LogP contribution in [0.5, 0.6) is 0 Å². The molecule has 1 N–H and O–H groups in total. The van der Waals surface area contributed by atoms with Crippen LogP contribution in [-0.2, 0) is 14.3 Å². The topological polar surface area (TPSA) is 63.6 Å². The van der Waals surface area contributed by atoms with E-state index in [9.17, 15) is 9.59 Å². The molecule has 0 saturated heterocycles. The van der Waals surface area contributed by atoms with E-state index in [0.717, 1.165) is 0 Å². The van der Waals surface area contributed by atoms with Crippen LogP contribution in [0.2, 0.25) is 0 Å². The Labute approximate surface area is 75.5 Å². The Bertz CT molecular complexity index is 169. The molecular weight excluding hydrogens is 184 g/mol. The lowest BCUT2D eigenvalue weighted by Crippen LogP contribution is -2.14. The van der Waals surface area contributed by atoms with Crippen LogP contribution in [0.15, 0.2) is 0 Å². The van der Waals surface area contributed by atoms with Crippen molar-refractivity contribution in [1.82, 2.24) is 0 Å². The Hall–Kier alpha value is -0.770. The zero-order chi connectivity index (χ0) is 9.56. The second-order valence-electron chi connectivity index (χ2n) is 2.29. The SMILES string of the molecule is CC(=O)OCCCC(Cl)C(=O)O. The van der Waals surface area contributed by atoms with Crippen LogP contribution < -0.4 is 0 Å². The van der Waals surface area contributed by atoms with Crippen LogP contribution in [0.25, 0.3) is 0 Å². The van der Waals surface area contributed by atoms with Gasteiger partial charge >= 0.3 is 11.9 Å². The fraction of sp³-hybridized carbons (Fsp3) is 0.714. The Morgan fingerprint density at radius 2 is 2.17 bits per heavy atom. The van der Waals surface area contributed by atoms with E-state index in [2.05, 4.69) is 4.74 Å². The predicted molar refractivity (Wildman–Crippen MR) is 43.1 cm³/mol. The average Bonchev–Trinajstić information content (AvgIpc) is 1.97. The van der Waals surface area contributed by atoms with Gasteiger partial charge in [0.2, 0.25) is 0 Å². The summed E-state index contributed by atoms with van der Waals surface area (Å²) < 4.78 is 4.58. The molecule has 0 aliphatic carbocycles. The normalized spacial score (nSPS) is 12.2. The van der Waals surface area contributed by atoms with Gasteiger partial charge in [-0.1, -0.05) is 0 Å². The number of esters is 1. The second kappa shape index (κ2) is 5.83. The Balaban J connectivity index is 3.31. The molecule has 0 rings (SSSR count). The quantitative estimate of drug-likeness (QED) is 0.403. The molecule has 0 aromatic heterocycles. The molecule has 0 aromatic carbocycles. The number of carbonyl (C=O) groups is 2. The maximum Gasteiger partial charge on any atom is 0.321 e. The number of hydrogen-bond acceptors (Lipinski definition) is 3. The lowest BCUT2D eigenvalue weighted by molar-refractivity contribution is -0.141. The zero-order valence-electron chi connectivity index (χ0n) is 6.75. The standard InChI is InChI=1S/C7H11ClO4/c1-5(9)12-4-2-3-6(8)7(10)11/h6H,2-4H2,1H3,(H,10,11). The van der Waals surface area contributed by atoms with Gasteiger partial charge in [0.15, 0.2) is 0 Å². The maximum absolute atomic E-state index is 10.3. The van der Waals surface area contributed by atoms with Gasteiger partial charge in [-0.15, -0.1) is 11.6 Å². The van der Waals surface area contributed by atoms with Crippen molar-refractivity contribution in [3.8, 4) is 0 Å². The highest BCUT2D eigenvalue weighted by molar-refractivity contribution is 6.29. The lowest BCUT2D eigenvalue weighted by Gasteiger charge is -2.03. The molecule has 5 heteroatoms. The molecule has 0 amide bonds. The number of aliphatic carboxylic acids is 1. The third-order valence-corrected chi connectivity index (χ3v) is 1.58. The number of carboxylic acid groups (broad SMARTS) is 1. The summed E-state index contributed by atoms with van der Waals surface area (Å²) in [5.74, 6) is -1.41. The molecule has 0 spiro atoms. The number of halogens is 1. The van der Waals surface area contributed by atoms with Crippen molar-refractivity contribution in [3.63, 3.8) is 0 Å². The van der Waals surface area contributed by atoms with E-state index in [1.54, 1.807) is 0 Å². The van der Waals surface area contributed by atoms with E-state index in [4.69, 9.17) is 16.7 Å². The van der Waals surface area contributed by atoms with Gasteiger partial charge in [-0.3, -0.25) is 9.59 Å². The Morgan fingerprint density at radius 1 is 1.58 bits per heavy atom. The summed E-state index contributed by atoms with van der Waals surface area (Å²) in [5.41, 5.74) is 0. The molecule has 0 radical (unpaired) electrons. The first-order valence-corrected chi connectivity index (χ1v) is 3.98. The number of rotatable bonds is 5. The molecule has 1 atom stereocenters. The molecule has 0 heterocycles. The third kappa shape index (κ3) is 5.97. The van der Waals surface area contributed by atoms with Gasteiger partial charge in [0, 0.05) is 6.92 Å². The summed E-state index contributed by atoms with van der Waals surface area (Å²) in [7, 11) is 0. The van der Waals surface area contributed by atoms with Crippen molar-refractivity contribution in [2.24, 2.45) is 0 Å². The van der Waals surface area contributed by atoms with Gasteiger partial charge in [0.1, 0.15) is 5.38 Å². The highest BCUT2D eigenvalue weighted by Crippen LogP contribution is 2.05. The third-order valence-electron chi connectivity index (χ3n) is 1.18. The van der Waals surface area contributed by atoms with Crippen LogP contribution in [0, 0.1) is 0 Å². The second-order valence-corrected chi connectivity index (χ2v) is 2.81. The van der Waals surface area contributed by atoms with Crippen LogP contribution in [-0.4, -0.2) is 29.0 Å². The summed E-state index contributed by atoms with van der Waals surface area (Å²) in [6.45, 7) is 1.53. The Kier molecular flexibility index (Phi) is 5.45. The van der Waals surface area contributed by atoms with E-state index >= 15 is 0 Å². The van der Waals surface area contributed by atoms with Crippen LogP contribution in [0.3, 0.4) is 0 Å². The number of carbonyl (C=O) groups excluding carboxylic acids is 1. The number of carboxylic acids is 1. The first-order valence-electron chi connectivity index (χ1n) is 3.54. The Morgan fingerprint density at radius 3 is 2.58 bits per heavy atom. The van der Waals surface area contributed by atoms with Gasteiger partial charge < -0.3 is 9.84 Å². The maximum atomic E-state index is 10.3. The van der Waals surface area contributed by atoms with Crippen LogP contribution in [0.4, 0.5) is 0 Å². The molecule has 1 unspecified atom stereocenters. The van der Waals surface area contributed by atoms with Crippen molar-refractivity contribution >= 4 is 23.5 Å². The molecule has 0 aromatic rings. The molecule has 12 heavy (non-hydrogen) atoms. The van der Waals surface area contributed by atoms with Crippen molar-refractivity contribution in [1.29, 1.82) is 0 Å². The van der Waals surface area contributed by atoms with Crippen molar-refractivity contribution in [2.45, 2.75) is 25.1 Å². The van der Waals surface area contributed by atoms with Gasteiger partial charge in [-0.25, -0.2) is 0 Å². The molecule has 0 fully saturated rings. The van der Waals surface area contributed by atoms with Gasteiger partial charge in [0.25, 0.3) is 0 Å². The molecule has 70 valence electrons. The highest BCUT2D eigenvalue weighted by atomic mass is 35.5. The van der Waals surface area contributed by atoms with E-state index in [1.807, 2.05) is 0 Å². The molecule has 0 aliphatic rings. The van der Waals surface area contributed by atoms with Crippen molar-refractivity contribution < 1.29 is 19.4 Å². The zero-order valence-corrected chi connectivity index (χ0v) is 7.50. The van der Waals surface area contributed by atoms with E-state index in [1.165, 1.54) is 6.92 Å². The number of alkyl halides is 1. The summed E-state index contributed by atoms with van der Waals surface area (Å²) in [6, 6.07) is 0. The van der Waals surface area contributed by atoms with E-state index in [0.29, 0.717) is 12.8 Å². The van der Waals surface area contributed by atoms with Crippen LogP contribution in [0.1, 0.15) is 19.8 Å². The molecule has 0 aliphatic heterocycles. The van der Waals surface area contributed by atoms with Gasteiger partial charge in [0.05, 0.1) is 6.61 Å². The van der Waals surface area contributed by atoms with E-state index < -0.39 is 11.3 Å². The molecule has 4 nitrogen and oxygen atoms in total. The summed E-state index contributed by atoms with van der Waals surface area (Å²) in [6.07, 6.45) is 0.782. The van der Waals surface area contributed by atoms with Crippen LogP contribution >= 0.6 is 11.6 Å². The molecular formula is C7H11ClO4. The largest absolute Gasteiger partial charge is 0.480 e. The predicted octanol–water partition coefficient (Wildman–Crippen LogP) is 1.02. The minimum atomic E-state index is -1.04. The number of hydrogen-bond donors (Lipinski definition) is 1. The van der Waals surface area contributed by atoms with E-state index in [-0.39, 0.29) is 12.6 Å². The fourth-order valence-corrected chi connectivity index (χ4v) is 0.756. The molecule has 0 bridgehead atoms. The minimum absolute atomic E-state index is 0.228. The lowest BCUT2D eigenvalue weighted by atomic mass is 10.2. The first-order chi connectivity index (χ1) is 5.54. The van der Waals surface area contributed by atoms with Crippen molar-refractivity contribution in [3.05, 3.63) is 0 Å². The van der Waals surface area contributed by atoms with Gasteiger partial charge in [-0.05, 0) is 12.8 Å². The first kappa shape index (κ1) is 11.2. The van der Waals surface area contributed by atoms with Gasteiger partial charge in [-0.2, -0.15) is 0 Å². The summed E-state index contributed by atoms with van der Waals surface area (Å²) in [4.78, 5) is 20.4. The number of ether oxygens (including phenoxy) is 1. The monoisotopic (exact) mass is 194 g/mol. The smallest absolute Gasteiger partial charge is 0.321 e. The summed E-state index contributed by atoms with van der Waals surface area (Å²) >= 11 is 5.39. The van der Waals surface area contributed by atoms with Crippen molar-refractivity contribution in [2.75, 3.05) is 6.61 Å².